The van der Waals surface area contributed by atoms with E-state index in [-0.39, 0.29) is 6.04 Å². The molecule has 7 nitrogen and oxygen atoms in total. The highest BCUT2D eigenvalue weighted by atomic mass is 32.1. The first-order valence-corrected chi connectivity index (χ1v) is 10.1. The number of fused-ring (bicyclic) bond motifs is 2. The number of hydrogen-bond acceptors (Lipinski definition) is 8. The molecule has 5 rings (SSSR count). The molecular weight excluding hydrogens is 374 g/mol. The Morgan fingerprint density at radius 2 is 1.96 bits per heavy atom. The first kappa shape index (κ1) is 17.3. The van der Waals surface area contributed by atoms with Crippen molar-refractivity contribution in [2.45, 2.75) is 25.8 Å². The van der Waals surface area contributed by atoms with Crippen LogP contribution in [0.2, 0.25) is 0 Å². The molecule has 4 aromatic rings. The summed E-state index contributed by atoms with van der Waals surface area (Å²) < 4.78 is 5.15. The quantitative estimate of drug-likeness (QED) is 0.569. The third-order valence-corrected chi connectivity index (χ3v) is 6.19. The molecule has 1 aromatic carbocycles. The summed E-state index contributed by atoms with van der Waals surface area (Å²) in [6.07, 6.45) is 3.50. The van der Waals surface area contributed by atoms with Gasteiger partial charge in [-0.05, 0) is 54.7 Å². The van der Waals surface area contributed by atoms with Crippen molar-refractivity contribution in [3.63, 3.8) is 0 Å². The number of aromatic nitrogens is 4. The van der Waals surface area contributed by atoms with E-state index in [9.17, 15) is 5.11 Å². The molecule has 0 spiro atoms. The molecule has 1 aliphatic heterocycles. The van der Waals surface area contributed by atoms with E-state index in [0.29, 0.717) is 5.89 Å². The van der Waals surface area contributed by atoms with Gasteiger partial charge in [0.1, 0.15) is 10.3 Å². The Kier molecular flexibility index (Phi) is 4.29. The van der Waals surface area contributed by atoms with Crippen LogP contribution in [-0.4, -0.2) is 43.3 Å². The van der Waals surface area contributed by atoms with E-state index >= 15 is 0 Å². The molecule has 4 heterocycles. The normalized spacial score (nSPS) is 16.0. The maximum absolute atomic E-state index is 9.30. The molecule has 8 heteroatoms. The van der Waals surface area contributed by atoms with Gasteiger partial charge in [0.25, 0.3) is 5.89 Å². The van der Waals surface area contributed by atoms with E-state index in [0.717, 1.165) is 41.8 Å². The minimum Gasteiger partial charge on any atom is -0.465 e. The molecule has 0 saturated carbocycles. The van der Waals surface area contributed by atoms with Gasteiger partial charge in [0.15, 0.2) is 0 Å². The summed E-state index contributed by atoms with van der Waals surface area (Å²) in [6.45, 7) is 4.18. The summed E-state index contributed by atoms with van der Waals surface area (Å²) in [4.78, 5) is 12.4. The summed E-state index contributed by atoms with van der Waals surface area (Å²) in [7, 11) is 0. The van der Waals surface area contributed by atoms with E-state index in [1.54, 1.807) is 11.3 Å². The van der Waals surface area contributed by atoms with E-state index in [4.69, 9.17) is 4.42 Å². The van der Waals surface area contributed by atoms with Crippen LogP contribution in [0, 0.1) is 0 Å². The number of thiazole rings is 1. The van der Waals surface area contributed by atoms with Crippen LogP contribution in [-0.2, 0) is 12.8 Å². The molecule has 1 aliphatic rings. The SMILES string of the molecule is CC(c1cnc2scnc2c1)N1CCc2ccc(-c3nnc(O)o3)cc2CC1. The lowest BCUT2D eigenvalue weighted by molar-refractivity contribution is 0.221. The molecular formula is C20H19N5O2S. The second-order valence-corrected chi connectivity index (χ2v) is 7.86. The zero-order valence-electron chi connectivity index (χ0n) is 15.4. The van der Waals surface area contributed by atoms with E-state index in [1.165, 1.54) is 16.7 Å². The number of hydrogen-bond donors (Lipinski definition) is 1. The third kappa shape index (κ3) is 3.14. The largest absolute Gasteiger partial charge is 0.465 e. The zero-order chi connectivity index (χ0) is 19.1. The van der Waals surface area contributed by atoms with Gasteiger partial charge in [0.05, 0.1) is 5.51 Å². The van der Waals surface area contributed by atoms with Crippen molar-refractivity contribution in [1.82, 2.24) is 25.1 Å². The number of benzene rings is 1. The lowest BCUT2D eigenvalue weighted by Gasteiger charge is -2.27. The molecule has 3 aromatic heterocycles. The van der Waals surface area contributed by atoms with Crippen molar-refractivity contribution in [2.75, 3.05) is 13.1 Å². The smallest absolute Gasteiger partial charge is 0.412 e. The van der Waals surface area contributed by atoms with Crippen LogP contribution < -0.4 is 0 Å². The third-order valence-electron chi connectivity index (χ3n) is 5.44. The summed E-state index contributed by atoms with van der Waals surface area (Å²) in [6, 6.07) is 8.63. The Bertz CT molecular complexity index is 1140. The van der Waals surface area contributed by atoms with E-state index < -0.39 is 6.08 Å². The van der Waals surface area contributed by atoms with Crippen LogP contribution in [0.4, 0.5) is 0 Å². The van der Waals surface area contributed by atoms with Crippen molar-refractivity contribution in [3.8, 4) is 17.5 Å². The molecule has 1 N–H and O–H groups in total. The van der Waals surface area contributed by atoms with Gasteiger partial charge in [-0.25, -0.2) is 9.97 Å². The van der Waals surface area contributed by atoms with Gasteiger partial charge in [0.2, 0.25) is 0 Å². The molecule has 28 heavy (non-hydrogen) atoms. The van der Waals surface area contributed by atoms with Crippen LogP contribution in [0.25, 0.3) is 21.8 Å². The number of aromatic hydroxyl groups is 1. The van der Waals surface area contributed by atoms with Crippen LogP contribution in [0.5, 0.6) is 6.08 Å². The summed E-state index contributed by atoms with van der Waals surface area (Å²) in [5.41, 5.74) is 7.49. The van der Waals surface area contributed by atoms with Crippen LogP contribution >= 0.6 is 11.3 Å². The highest BCUT2D eigenvalue weighted by Gasteiger charge is 2.21. The zero-order valence-corrected chi connectivity index (χ0v) is 16.2. The highest BCUT2D eigenvalue weighted by molar-refractivity contribution is 7.16. The van der Waals surface area contributed by atoms with Crippen LogP contribution in [0.3, 0.4) is 0 Å². The molecule has 0 amide bonds. The highest BCUT2D eigenvalue weighted by Crippen LogP contribution is 2.29. The monoisotopic (exact) mass is 393 g/mol. The second kappa shape index (κ2) is 6.96. The summed E-state index contributed by atoms with van der Waals surface area (Å²) in [5.74, 6) is 0.345. The maximum atomic E-state index is 9.30. The fourth-order valence-electron chi connectivity index (χ4n) is 3.81. The summed E-state index contributed by atoms with van der Waals surface area (Å²) in [5, 5.41) is 16.7. The lowest BCUT2D eigenvalue weighted by atomic mass is 10.00. The predicted octanol–water partition coefficient (Wildman–Crippen LogP) is 3.61. The van der Waals surface area contributed by atoms with Crippen molar-refractivity contribution < 1.29 is 9.52 Å². The van der Waals surface area contributed by atoms with Gasteiger partial charge in [0, 0.05) is 30.9 Å². The van der Waals surface area contributed by atoms with Crippen molar-refractivity contribution in [2.24, 2.45) is 0 Å². The van der Waals surface area contributed by atoms with Gasteiger partial charge in [-0.2, -0.15) is 0 Å². The topological polar surface area (TPSA) is 88.2 Å². The van der Waals surface area contributed by atoms with Gasteiger partial charge in [-0.15, -0.1) is 16.4 Å². The van der Waals surface area contributed by atoms with E-state index in [1.807, 2.05) is 17.8 Å². The Morgan fingerprint density at radius 1 is 1.11 bits per heavy atom. The maximum Gasteiger partial charge on any atom is 0.412 e. The van der Waals surface area contributed by atoms with Gasteiger partial charge < -0.3 is 9.52 Å². The molecule has 1 atom stereocenters. The standard InChI is InChI=1S/C20H19N5O2S/c1-12(16-9-17-19(21-10-16)28-11-22-17)25-6-4-13-2-3-15(8-14(13)5-7-25)18-23-24-20(26)27-18/h2-3,8-12H,4-7H2,1H3,(H,24,26). The van der Waals surface area contributed by atoms with Gasteiger partial charge >= 0.3 is 6.08 Å². The molecule has 0 bridgehead atoms. The summed E-state index contributed by atoms with van der Waals surface area (Å²) >= 11 is 1.57. The second-order valence-electron chi connectivity index (χ2n) is 7.03. The molecule has 0 aliphatic carbocycles. The minimum atomic E-state index is -0.407. The molecule has 0 radical (unpaired) electrons. The van der Waals surface area contributed by atoms with Crippen molar-refractivity contribution >= 4 is 21.7 Å². The number of rotatable bonds is 3. The Hall–Kier alpha value is -2.84. The fraction of sp³-hybridized carbons (Fsp3) is 0.300. The van der Waals surface area contributed by atoms with Gasteiger partial charge in [-0.1, -0.05) is 11.2 Å². The average Bonchev–Trinajstić information content (AvgIpc) is 3.30. The molecule has 1 unspecified atom stereocenters. The first-order valence-electron chi connectivity index (χ1n) is 9.25. The molecule has 0 saturated heterocycles. The lowest BCUT2D eigenvalue weighted by Crippen LogP contribution is -2.29. The first-order chi connectivity index (χ1) is 13.7. The number of pyridine rings is 1. The minimum absolute atomic E-state index is 0.278. The van der Waals surface area contributed by atoms with Crippen molar-refractivity contribution in [1.29, 1.82) is 0 Å². The Labute approximate surface area is 165 Å². The Morgan fingerprint density at radius 3 is 2.79 bits per heavy atom. The average molecular weight is 393 g/mol. The van der Waals surface area contributed by atoms with Gasteiger partial charge in [-0.3, -0.25) is 4.90 Å². The molecule has 0 fully saturated rings. The van der Waals surface area contributed by atoms with Crippen molar-refractivity contribution in [3.05, 3.63) is 52.7 Å². The van der Waals surface area contributed by atoms with Crippen LogP contribution in [0.1, 0.15) is 29.7 Å². The van der Waals surface area contributed by atoms with E-state index in [2.05, 4.69) is 50.2 Å². The van der Waals surface area contributed by atoms with Crippen LogP contribution in [0.15, 0.2) is 40.4 Å². The number of nitrogens with zero attached hydrogens (tertiary/aromatic N) is 5. The fourth-order valence-corrected chi connectivity index (χ4v) is 4.42. The Balaban J connectivity index is 1.36. The predicted molar refractivity (Wildman–Crippen MR) is 106 cm³/mol. The molecule has 142 valence electrons.